The first-order valence-electron chi connectivity index (χ1n) is 13.9. The van der Waals surface area contributed by atoms with E-state index < -0.39 is 27.8 Å². The Morgan fingerprint density at radius 2 is 1.54 bits per heavy atom. The molecule has 1 atom stereocenters. The van der Waals surface area contributed by atoms with Gasteiger partial charge in [0.1, 0.15) is 11.6 Å². The van der Waals surface area contributed by atoms with Crippen LogP contribution in [0.5, 0.6) is 0 Å². The molecule has 7 nitrogen and oxygen atoms in total. The Morgan fingerprint density at radius 1 is 0.878 bits per heavy atom. The summed E-state index contributed by atoms with van der Waals surface area (Å²) in [5.41, 5.74) is 1.56. The van der Waals surface area contributed by atoms with Crippen LogP contribution in [-0.4, -0.2) is 67.5 Å². The van der Waals surface area contributed by atoms with Crippen LogP contribution in [0.4, 0.5) is 8.78 Å². The van der Waals surface area contributed by atoms with E-state index in [0.717, 1.165) is 40.9 Å². The molecule has 1 amide bonds. The van der Waals surface area contributed by atoms with Crippen LogP contribution in [0.1, 0.15) is 48.2 Å². The molecule has 41 heavy (non-hydrogen) atoms. The molecular weight excluding hydrogens is 548 g/mol. The van der Waals surface area contributed by atoms with E-state index >= 15 is 0 Å². The molecule has 0 spiro atoms. The van der Waals surface area contributed by atoms with E-state index in [0.29, 0.717) is 19.6 Å². The number of hydrogen-bond donors (Lipinski definition) is 2. The number of carbonyl (C=O) groups excluding carboxylic acids is 1. The highest BCUT2D eigenvalue weighted by molar-refractivity contribution is 7.89. The summed E-state index contributed by atoms with van der Waals surface area (Å²) >= 11 is 0. The van der Waals surface area contributed by atoms with Crippen molar-refractivity contribution in [2.45, 2.75) is 50.7 Å². The number of carbonyl (C=O) groups is 1. The maximum atomic E-state index is 13.8. The van der Waals surface area contributed by atoms with Gasteiger partial charge in [-0.1, -0.05) is 50.2 Å². The average Bonchev–Trinajstić information content (AvgIpc) is 2.95. The van der Waals surface area contributed by atoms with Crippen LogP contribution in [0.25, 0.3) is 0 Å². The number of aliphatic hydroxyl groups is 1. The number of sulfonamides is 1. The van der Waals surface area contributed by atoms with Crippen molar-refractivity contribution in [3.05, 3.63) is 101 Å². The first kappa shape index (κ1) is 32.3. The zero-order valence-electron chi connectivity index (χ0n) is 23.6. The highest BCUT2D eigenvalue weighted by atomic mass is 32.2. The molecule has 10 heteroatoms. The molecule has 0 heterocycles. The molecule has 0 radical (unpaired) electrons. The van der Waals surface area contributed by atoms with Gasteiger partial charge in [-0.25, -0.2) is 17.2 Å². The number of halogens is 2. The third-order valence-corrected chi connectivity index (χ3v) is 8.39. The monoisotopic (exact) mass is 587 g/mol. The minimum atomic E-state index is -4.18. The second kappa shape index (κ2) is 15.7. The quantitative estimate of drug-likeness (QED) is 0.256. The molecule has 0 saturated heterocycles. The SMILES string of the molecule is CCCN(CCC)C(=O)c1cccc(S(=O)(=O)N(CCc2cc(F)cc(F)c2)C[C@H](O)CNCc2ccccc2)c1. The lowest BCUT2D eigenvalue weighted by Crippen LogP contribution is -2.42. The molecule has 0 fully saturated rings. The molecule has 3 rings (SSSR count). The van der Waals surface area contributed by atoms with Crippen LogP contribution in [0.15, 0.2) is 77.7 Å². The van der Waals surface area contributed by atoms with Gasteiger partial charge in [-0.3, -0.25) is 4.79 Å². The summed E-state index contributed by atoms with van der Waals surface area (Å²) in [4.78, 5) is 14.8. The Hall–Kier alpha value is -3.18. The molecule has 0 aliphatic carbocycles. The molecule has 0 aromatic heterocycles. The van der Waals surface area contributed by atoms with Crippen molar-refractivity contribution < 1.29 is 27.1 Å². The largest absolute Gasteiger partial charge is 0.390 e. The van der Waals surface area contributed by atoms with E-state index in [2.05, 4.69) is 5.32 Å². The summed E-state index contributed by atoms with van der Waals surface area (Å²) < 4.78 is 56.3. The Balaban J connectivity index is 1.82. The number of rotatable bonds is 16. The smallest absolute Gasteiger partial charge is 0.253 e. The highest BCUT2D eigenvalue weighted by Gasteiger charge is 2.28. The molecule has 2 N–H and O–H groups in total. The van der Waals surface area contributed by atoms with Gasteiger partial charge in [-0.15, -0.1) is 0 Å². The predicted octanol–water partition coefficient (Wildman–Crippen LogP) is 4.61. The van der Waals surface area contributed by atoms with Gasteiger partial charge < -0.3 is 15.3 Å². The van der Waals surface area contributed by atoms with Crippen LogP contribution >= 0.6 is 0 Å². The van der Waals surface area contributed by atoms with Crippen LogP contribution < -0.4 is 5.32 Å². The van der Waals surface area contributed by atoms with E-state index in [1.807, 2.05) is 44.2 Å². The van der Waals surface area contributed by atoms with Crippen LogP contribution in [0, 0.1) is 11.6 Å². The van der Waals surface area contributed by atoms with Gasteiger partial charge in [-0.05, 0) is 60.7 Å². The molecule has 3 aromatic carbocycles. The van der Waals surface area contributed by atoms with Crippen LogP contribution in [0.3, 0.4) is 0 Å². The third kappa shape index (κ3) is 9.71. The second-order valence-corrected chi connectivity index (χ2v) is 11.9. The van der Waals surface area contributed by atoms with Crippen molar-refractivity contribution in [2.75, 3.05) is 32.7 Å². The molecule has 3 aromatic rings. The first-order valence-corrected chi connectivity index (χ1v) is 15.3. The molecular formula is C31H39F2N3O4S. The first-order chi connectivity index (χ1) is 19.6. The lowest BCUT2D eigenvalue weighted by atomic mass is 10.1. The molecule has 0 bridgehead atoms. The molecule has 0 aliphatic heterocycles. The summed E-state index contributed by atoms with van der Waals surface area (Å²) in [6, 6.07) is 18.5. The Morgan fingerprint density at radius 3 is 2.17 bits per heavy atom. The van der Waals surface area contributed by atoms with Crippen molar-refractivity contribution in [3.63, 3.8) is 0 Å². The zero-order valence-corrected chi connectivity index (χ0v) is 24.4. The van der Waals surface area contributed by atoms with E-state index in [9.17, 15) is 27.1 Å². The maximum Gasteiger partial charge on any atom is 0.253 e. The maximum absolute atomic E-state index is 13.8. The number of aliphatic hydroxyl groups excluding tert-OH is 1. The number of amides is 1. The van der Waals surface area contributed by atoms with Gasteiger partial charge in [0.05, 0.1) is 11.0 Å². The summed E-state index contributed by atoms with van der Waals surface area (Å²) in [5.74, 6) is -1.76. The van der Waals surface area contributed by atoms with Crippen LogP contribution in [-0.2, 0) is 23.0 Å². The minimum Gasteiger partial charge on any atom is -0.390 e. The number of nitrogens with zero attached hydrogens (tertiary/aromatic N) is 2. The fourth-order valence-electron chi connectivity index (χ4n) is 4.57. The zero-order chi connectivity index (χ0) is 29.8. The summed E-state index contributed by atoms with van der Waals surface area (Å²) in [7, 11) is -4.18. The van der Waals surface area contributed by atoms with Gasteiger partial charge in [0.15, 0.2) is 0 Å². The lowest BCUT2D eigenvalue weighted by Gasteiger charge is -2.26. The Kier molecular flexibility index (Phi) is 12.4. The highest BCUT2D eigenvalue weighted by Crippen LogP contribution is 2.20. The lowest BCUT2D eigenvalue weighted by molar-refractivity contribution is 0.0755. The van der Waals surface area contributed by atoms with E-state index in [-0.39, 0.29) is 48.0 Å². The van der Waals surface area contributed by atoms with Gasteiger partial charge >= 0.3 is 0 Å². The fourth-order valence-corrected chi connectivity index (χ4v) is 6.10. The van der Waals surface area contributed by atoms with Crippen molar-refractivity contribution in [1.82, 2.24) is 14.5 Å². The van der Waals surface area contributed by atoms with Crippen LogP contribution in [0.2, 0.25) is 0 Å². The van der Waals surface area contributed by atoms with E-state index in [1.54, 1.807) is 11.0 Å². The number of benzene rings is 3. The Bertz CT molecular complexity index is 1350. The normalized spacial score (nSPS) is 12.4. The van der Waals surface area contributed by atoms with Gasteiger partial charge in [0, 0.05) is 50.9 Å². The number of hydrogen-bond acceptors (Lipinski definition) is 5. The van der Waals surface area contributed by atoms with Crippen molar-refractivity contribution in [3.8, 4) is 0 Å². The predicted molar refractivity (Wildman–Crippen MR) is 156 cm³/mol. The second-order valence-electron chi connectivity index (χ2n) is 9.98. The van der Waals surface area contributed by atoms with Gasteiger partial charge in [0.2, 0.25) is 10.0 Å². The third-order valence-electron chi connectivity index (χ3n) is 6.53. The van der Waals surface area contributed by atoms with Crippen molar-refractivity contribution >= 4 is 15.9 Å². The minimum absolute atomic E-state index is 0.0253. The summed E-state index contributed by atoms with van der Waals surface area (Å²) in [5, 5.41) is 13.9. The Labute approximate surface area is 241 Å². The summed E-state index contributed by atoms with van der Waals surface area (Å²) in [6.07, 6.45) is 0.507. The van der Waals surface area contributed by atoms with Crippen molar-refractivity contribution in [2.24, 2.45) is 0 Å². The van der Waals surface area contributed by atoms with Gasteiger partial charge in [0.25, 0.3) is 5.91 Å². The van der Waals surface area contributed by atoms with Gasteiger partial charge in [-0.2, -0.15) is 4.31 Å². The number of nitrogens with one attached hydrogen (secondary N) is 1. The molecule has 222 valence electrons. The summed E-state index contributed by atoms with van der Waals surface area (Å²) in [6.45, 7) is 5.29. The van der Waals surface area contributed by atoms with E-state index in [1.165, 1.54) is 18.2 Å². The van der Waals surface area contributed by atoms with Crippen molar-refractivity contribution in [1.29, 1.82) is 0 Å². The standard InChI is InChI=1S/C31H39F2N3O4S/c1-3-14-35(15-4-2)31(38)26-11-8-12-30(19-26)41(39,40)36(16-13-25-17-27(32)20-28(33)18-25)23-29(37)22-34-21-24-9-6-5-7-10-24/h5-12,17-20,29,34,37H,3-4,13-16,21-23H2,1-2H3/t29-/m1/s1. The van der Waals surface area contributed by atoms with E-state index in [4.69, 9.17) is 0 Å². The fraction of sp³-hybridized carbons (Fsp3) is 0.387. The molecule has 0 aliphatic rings. The average molecular weight is 588 g/mol. The molecule has 0 saturated carbocycles. The molecule has 0 unspecified atom stereocenters. The topological polar surface area (TPSA) is 90.0 Å².